The Bertz CT molecular complexity index is 2380. The number of phosphoric acid groups is 2. The summed E-state index contributed by atoms with van der Waals surface area (Å²) < 4.78 is 61.1. The molecule has 99 heavy (non-hydrogen) atoms. The van der Waals surface area contributed by atoms with Crippen LogP contribution in [0.1, 0.15) is 290 Å². The molecule has 0 amide bonds. The van der Waals surface area contributed by atoms with Gasteiger partial charge < -0.3 is 34.2 Å². The van der Waals surface area contributed by atoms with Crippen LogP contribution in [0.4, 0.5) is 0 Å². The number of esters is 3. The maximum atomic E-state index is 13.0. The molecule has 0 saturated carbocycles. The molecule has 5 atom stereocenters. The van der Waals surface area contributed by atoms with Crippen LogP contribution >= 0.6 is 15.6 Å². The van der Waals surface area contributed by atoms with Crippen LogP contribution in [0.5, 0.6) is 0 Å². The molecule has 0 aliphatic rings. The number of aliphatic hydroxyl groups excluding tert-OH is 2. The van der Waals surface area contributed by atoms with E-state index in [1.807, 2.05) is 0 Å². The second-order valence-electron chi connectivity index (χ2n) is 25.1. The van der Waals surface area contributed by atoms with Crippen molar-refractivity contribution in [3.63, 3.8) is 0 Å². The van der Waals surface area contributed by atoms with Crippen molar-refractivity contribution < 1.29 is 75.8 Å². The number of allylic oxidation sites excluding steroid dienone is 24. The minimum Gasteiger partial charge on any atom is -0.463 e. The Kier molecular flexibility index (Phi) is 69.8. The number of carbonyl (C=O) groups is 3. The summed E-state index contributed by atoms with van der Waals surface area (Å²) in [5, 5.41) is 20.6. The van der Waals surface area contributed by atoms with E-state index in [9.17, 15) is 43.5 Å². The van der Waals surface area contributed by atoms with Crippen LogP contribution in [0.15, 0.2) is 146 Å². The largest absolute Gasteiger partial charge is 0.472 e. The molecule has 0 saturated heterocycles. The predicted molar refractivity (Wildman–Crippen MR) is 408 cm³/mol. The van der Waals surface area contributed by atoms with Crippen molar-refractivity contribution in [3.8, 4) is 0 Å². The van der Waals surface area contributed by atoms with Crippen molar-refractivity contribution in [3.05, 3.63) is 146 Å². The molecule has 4 N–H and O–H groups in total. The molecule has 0 spiro atoms. The zero-order chi connectivity index (χ0) is 72.3. The Hall–Kier alpha value is -4.57. The Balaban J connectivity index is 4.79. The van der Waals surface area contributed by atoms with Gasteiger partial charge in [-0.3, -0.25) is 32.5 Å². The van der Waals surface area contributed by atoms with Crippen LogP contribution in [-0.2, 0) is 55.8 Å². The van der Waals surface area contributed by atoms with Crippen LogP contribution in [0.25, 0.3) is 0 Å². The lowest BCUT2D eigenvalue weighted by Gasteiger charge is -2.21. The lowest BCUT2D eigenvalue weighted by molar-refractivity contribution is -0.161. The molecule has 0 bridgehead atoms. The SMILES string of the molecule is CCCCC/C=C\C/C=C\C/C=C\C/C=C\CCCCCCCC(=O)OCC(O)COP(=O)(O)OCC(O)COP(=O)(O)OCC(COC(=O)CCCCCCC/C=C\C/C=C\C/C=C\C/C=C\CCCCC)OC(=O)CCCCCCC/C=C\C/C=C\C/C=C\C/C=C\CCCCC. The maximum absolute atomic E-state index is 13.0. The molecule has 0 heterocycles. The first kappa shape index (κ1) is 94.4. The van der Waals surface area contributed by atoms with Gasteiger partial charge in [0.2, 0.25) is 0 Å². The summed E-state index contributed by atoms with van der Waals surface area (Å²) in [7, 11) is -9.82. The molecule has 0 aliphatic heterocycles. The average molecular weight is 1430 g/mol. The third kappa shape index (κ3) is 74.4. The number of carbonyl (C=O) groups excluding carboxylic acids is 3. The van der Waals surface area contributed by atoms with Crippen molar-refractivity contribution >= 4 is 33.6 Å². The molecule has 0 fully saturated rings. The van der Waals surface area contributed by atoms with E-state index in [1.165, 1.54) is 70.6 Å². The van der Waals surface area contributed by atoms with Gasteiger partial charge in [0.1, 0.15) is 25.4 Å². The van der Waals surface area contributed by atoms with Crippen molar-refractivity contribution in [2.24, 2.45) is 0 Å². The molecule has 0 aliphatic carbocycles. The fourth-order valence-corrected chi connectivity index (χ4v) is 11.2. The van der Waals surface area contributed by atoms with Crippen LogP contribution in [0, 0.1) is 0 Å². The normalized spacial score (nSPS) is 14.9. The Morgan fingerprint density at radius 1 is 0.283 bits per heavy atom. The zero-order valence-corrected chi connectivity index (χ0v) is 63.4. The van der Waals surface area contributed by atoms with E-state index in [2.05, 4.69) is 167 Å². The van der Waals surface area contributed by atoms with Gasteiger partial charge in [-0.05, 0) is 154 Å². The fraction of sp³-hybridized carbons (Fsp3) is 0.667. The molecule has 18 heteroatoms. The van der Waals surface area contributed by atoms with Crippen LogP contribution in [0.2, 0.25) is 0 Å². The number of aliphatic hydroxyl groups is 2. The van der Waals surface area contributed by atoms with E-state index in [0.29, 0.717) is 19.3 Å². The maximum Gasteiger partial charge on any atom is 0.472 e. The summed E-state index contributed by atoms with van der Waals surface area (Å²) in [6.07, 6.45) is 88.7. The molecular weight excluding hydrogens is 1290 g/mol. The number of unbranched alkanes of at least 4 members (excludes halogenated alkanes) is 24. The zero-order valence-electron chi connectivity index (χ0n) is 61.6. The quantitative estimate of drug-likeness (QED) is 0.0146. The number of hydrogen-bond acceptors (Lipinski definition) is 14. The summed E-state index contributed by atoms with van der Waals surface area (Å²) in [5.41, 5.74) is 0. The van der Waals surface area contributed by atoms with Crippen molar-refractivity contribution in [2.45, 2.75) is 309 Å². The molecule has 0 aromatic heterocycles. The number of phosphoric ester groups is 2. The Morgan fingerprint density at radius 3 is 0.798 bits per heavy atom. The highest BCUT2D eigenvalue weighted by Gasteiger charge is 2.29. The first-order valence-electron chi connectivity index (χ1n) is 38.1. The summed E-state index contributed by atoms with van der Waals surface area (Å²) in [4.78, 5) is 58.6. The lowest BCUT2D eigenvalue weighted by atomic mass is 10.1. The first-order valence-corrected chi connectivity index (χ1v) is 41.1. The van der Waals surface area contributed by atoms with Gasteiger partial charge in [-0.2, -0.15) is 0 Å². The smallest absolute Gasteiger partial charge is 0.463 e. The van der Waals surface area contributed by atoms with Gasteiger partial charge in [-0.25, -0.2) is 9.13 Å². The molecule has 0 rings (SSSR count). The van der Waals surface area contributed by atoms with Crippen LogP contribution in [0.3, 0.4) is 0 Å². The molecule has 0 radical (unpaired) electrons. The second-order valence-corrected chi connectivity index (χ2v) is 28.0. The standard InChI is InChI=1S/C81H136O16P2/c1-4-7-10-13-16-19-22-25-28-31-34-37-40-43-46-49-52-55-58-61-64-67-79(84)91-70-76(82)71-93-98(87,88)94-72-77(83)73-95-99(89,90)96-75-78(97-81(86)69-66-63-60-57-54-51-48-45-42-39-36-33-30-27-24-21-18-15-12-9-6-3)74-92-80(85)68-65-62-59-56-53-50-47-44-41-38-35-32-29-26-23-20-17-14-11-8-5-2/h16-21,25-30,34-39,43-48,76-78,82-83H,4-15,22-24,31-33,40-42,49-75H2,1-3H3,(H,87,88)(H,89,90)/b19-16-,20-17-,21-18-,28-25-,29-26-,30-27-,37-34-,38-35-,39-36-,46-43-,47-44-,48-45-. The van der Waals surface area contributed by atoms with Gasteiger partial charge in [-0.15, -0.1) is 0 Å². The Labute approximate surface area is 600 Å². The van der Waals surface area contributed by atoms with Gasteiger partial charge in [-0.1, -0.05) is 263 Å². The van der Waals surface area contributed by atoms with Gasteiger partial charge in [0.25, 0.3) is 0 Å². The van der Waals surface area contributed by atoms with E-state index in [1.54, 1.807) is 0 Å². The summed E-state index contributed by atoms with van der Waals surface area (Å²) in [6, 6.07) is 0. The van der Waals surface area contributed by atoms with E-state index in [4.69, 9.17) is 32.3 Å². The highest BCUT2D eigenvalue weighted by molar-refractivity contribution is 7.47. The van der Waals surface area contributed by atoms with E-state index < -0.39 is 91.5 Å². The molecule has 0 aromatic rings. The average Bonchev–Trinajstić information content (AvgIpc) is 1.82. The number of rotatable bonds is 71. The summed E-state index contributed by atoms with van der Waals surface area (Å²) in [6.45, 7) is 2.52. The molecule has 5 unspecified atom stereocenters. The third-order valence-electron chi connectivity index (χ3n) is 15.5. The van der Waals surface area contributed by atoms with E-state index in [0.717, 1.165) is 161 Å². The molecule has 16 nitrogen and oxygen atoms in total. The van der Waals surface area contributed by atoms with Gasteiger partial charge in [0.05, 0.1) is 26.4 Å². The minimum atomic E-state index is -4.95. The second kappa shape index (κ2) is 73.2. The third-order valence-corrected chi connectivity index (χ3v) is 17.4. The molecular formula is C81H136O16P2. The number of ether oxygens (including phenoxy) is 3. The molecule has 566 valence electrons. The number of hydrogen-bond donors (Lipinski definition) is 4. The van der Waals surface area contributed by atoms with Crippen LogP contribution < -0.4 is 0 Å². The Morgan fingerprint density at radius 2 is 0.505 bits per heavy atom. The van der Waals surface area contributed by atoms with Gasteiger partial charge in [0, 0.05) is 19.3 Å². The highest BCUT2D eigenvalue weighted by atomic mass is 31.2. The van der Waals surface area contributed by atoms with Crippen molar-refractivity contribution in [1.82, 2.24) is 0 Å². The van der Waals surface area contributed by atoms with Gasteiger partial charge >= 0.3 is 33.6 Å². The van der Waals surface area contributed by atoms with E-state index in [-0.39, 0.29) is 19.3 Å². The fourth-order valence-electron chi connectivity index (χ4n) is 9.64. The predicted octanol–water partition coefficient (Wildman–Crippen LogP) is 22.1. The molecule has 0 aromatic carbocycles. The van der Waals surface area contributed by atoms with E-state index >= 15 is 0 Å². The lowest BCUT2D eigenvalue weighted by Crippen LogP contribution is -2.30. The summed E-state index contributed by atoms with van der Waals surface area (Å²) in [5.74, 6) is -1.64. The van der Waals surface area contributed by atoms with Gasteiger partial charge in [0.15, 0.2) is 6.10 Å². The highest BCUT2D eigenvalue weighted by Crippen LogP contribution is 2.45. The van der Waals surface area contributed by atoms with Crippen molar-refractivity contribution in [2.75, 3.05) is 39.6 Å². The summed E-state index contributed by atoms with van der Waals surface area (Å²) >= 11 is 0. The topological polar surface area (TPSA) is 231 Å². The van der Waals surface area contributed by atoms with Crippen LogP contribution in [-0.4, -0.2) is 95.9 Å². The minimum absolute atomic E-state index is 0.0734. The van der Waals surface area contributed by atoms with Crippen molar-refractivity contribution in [1.29, 1.82) is 0 Å². The first-order chi connectivity index (χ1) is 48.2. The monoisotopic (exact) mass is 1430 g/mol.